The maximum absolute atomic E-state index is 12.0. The van der Waals surface area contributed by atoms with Gasteiger partial charge in [0, 0.05) is 14.1 Å². The second-order valence-corrected chi connectivity index (χ2v) is 5.02. The zero-order valence-corrected chi connectivity index (χ0v) is 12.6. The van der Waals surface area contributed by atoms with E-state index in [0.29, 0.717) is 18.5 Å². The number of carbonyl (C=O) groups is 1. The van der Waals surface area contributed by atoms with Crippen molar-refractivity contribution in [2.75, 3.05) is 30.9 Å². The van der Waals surface area contributed by atoms with E-state index in [4.69, 9.17) is 0 Å². The van der Waals surface area contributed by atoms with E-state index in [1.165, 1.54) is 0 Å². The molecule has 3 N–H and O–H groups in total. The SMILES string of the molecule is CCC(CC)(CO)NC(=O)Nc1ccc(N(C)C)nc1. The highest BCUT2D eigenvalue weighted by Gasteiger charge is 2.27. The van der Waals surface area contributed by atoms with Gasteiger partial charge in [-0.2, -0.15) is 0 Å². The quantitative estimate of drug-likeness (QED) is 0.743. The molecule has 0 saturated carbocycles. The average Bonchev–Trinajstić information content (AvgIpc) is 2.45. The summed E-state index contributed by atoms with van der Waals surface area (Å²) < 4.78 is 0. The van der Waals surface area contributed by atoms with E-state index in [9.17, 15) is 9.90 Å². The van der Waals surface area contributed by atoms with E-state index in [1.807, 2.05) is 38.9 Å². The Balaban J connectivity index is 2.66. The molecule has 0 aliphatic heterocycles. The minimum Gasteiger partial charge on any atom is -0.394 e. The molecular weight excluding hydrogens is 256 g/mol. The third-order valence-electron chi connectivity index (χ3n) is 3.50. The molecule has 6 heteroatoms. The molecule has 0 aromatic carbocycles. The summed E-state index contributed by atoms with van der Waals surface area (Å²) >= 11 is 0. The van der Waals surface area contributed by atoms with E-state index in [0.717, 1.165) is 5.82 Å². The van der Waals surface area contributed by atoms with E-state index in [2.05, 4.69) is 15.6 Å². The van der Waals surface area contributed by atoms with Crippen LogP contribution in [0.25, 0.3) is 0 Å². The molecule has 1 aromatic heterocycles. The lowest BCUT2D eigenvalue weighted by atomic mass is 9.94. The molecule has 0 atom stereocenters. The fraction of sp³-hybridized carbons (Fsp3) is 0.571. The lowest BCUT2D eigenvalue weighted by molar-refractivity contribution is 0.155. The Morgan fingerprint density at radius 1 is 1.35 bits per heavy atom. The van der Waals surface area contributed by atoms with Crippen molar-refractivity contribution in [3.63, 3.8) is 0 Å². The zero-order valence-electron chi connectivity index (χ0n) is 12.6. The number of rotatable bonds is 6. The van der Waals surface area contributed by atoms with Gasteiger partial charge in [0.1, 0.15) is 5.82 Å². The van der Waals surface area contributed by atoms with Gasteiger partial charge in [-0.3, -0.25) is 0 Å². The van der Waals surface area contributed by atoms with Crippen molar-refractivity contribution in [2.24, 2.45) is 0 Å². The molecule has 0 spiro atoms. The molecular formula is C14H24N4O2. The summed E-state index contributed by atoms with van der Waals surface area (Å²) in [6.07, 6.45) is 2.95. The van der Waals surface area contributed by atoms with Crippen LogP contribution in [0.15, 0.2) is 18.3 Å². The molecule has 0 radical (unpaired) electrons. The minimum atomic E-state index is -0.568. The molecule has 112 valence electrons. The van der Waals surface area contributed by atoms with Crippen molar-refractivity contribution < 1.29 is 9.90 Å². The molecule has 2 amide bonds. The molecule has 0 aliphatic carbocycles. The van der Waals surface area contributed by atoms with Gasteiger partial charge >= 0.3 is 6.03 Å². The van der Waals surface area contributed by atoms with Crippen LogP contribution in [0, 0.1) is 0 Å². The first kappa shape index (κ1) is 16.2. The van der Waals surface area contributed by atoms with Crippen LogP contribution in [-0.2, 0) is 0 Å². The minimum absolute atomic E-state index is 0.0781. The van der Waals surface area contributed by atoms with Gasteiger partial charge in [0.05, 0.1) is 24.0 Å². The second kappa shape index (κ2) is 7.09. The predicted octanol–water partition coefficient (Wildman–Crippen LogP) is 1.82. The van der Waals surface area contributed by atoms with Crippen molar-refractivity contribution in [3.05, 3.63) is 18.3 Å². The maximum atomic E-state index is 12.0. The van der Waals surface area contributed by atoms with Crippen molar-refractivity contribution >= 4 is 17.5 Å². The lowest BCUT2D eigenvalue weighted by Crippen LogP contribution is -2.52. The van der Waals surface area contributed by atoms with Crippen LogP contribution in [0.2, 0.25) is 0 Å². The molecule has 0 unspecified atom stereocenters. The van der Waals surface area contributed by atoms with Gasteiger partial charge in [0.15, 0.2) is 0 Å². The van der Waals surface area contributed by atoms with Crippen molar-refractivity contribution in [2.45, 2.75) is 32.2 Å². The Labute approximate surface area is 120 Å². The topological polar surface area (TPSA) is 77.5 Å². The number of aliphatic hydroxyl groups excluding tert-OH is 1. The Kier molecular flexibility index (Phi) is 5.76. The van der Waals surface area contributed by atoms with Crippen LogP contribution in [-0.4, -0.2) is 42.4 Å². The molecule has 0 bridgehead atoms. The van der Waals surface area contributed by atoms with Crippen LogP contribution >= 0.6 is 0 Å². The van der Waals surface area contributed by atoms with Crippen molar-refractivity contribution in [3.8, 4) is 0 Å². The highest BCUT2D eigenvalue weighted by molar-refractivity contribution is 5.89. The van der Waals surface area contributed by atoms with Crippen molar-refractivity contribution in [1.82, 2.24) is 10.3 Å². The zero-order chi connectivity index (χ0) is 15.2. The van der Waals surface area contributed by atoms with Crippen LogP contribution in [0.5, 0.6) is 0 Å². The number of nitrogens with zero attached hydrogens (tertiary/aromatic N) is 2. The largest absolute Gasteiger partial charge is 0.394 e. The lowest BCUT2D eigenvalue weighted by Gasteiger charge is -2.30. The normalized spacial score (nSPS) is 11.1. The standard InChI is InChI=1S/C14H24N4O2/c1-5-14(6-2,10-19)17-13(20)16-11-7-8-12(15-9-11)18(3)4/h7-9,19H,5-6,10H2,1-4H3,(H2,16,17,20). The molecule has 1 rings (SSSR count). The van der Waals surface area contributed by atoms with Gasteiger partial charge in [-0.05, 0) is 25.0 Å². The first-order valence-corrected chi connectivity index (χ1v) is 6.79. The van der Waals surface area contributed by atoms with E-state index in [1.54, 1.807) is 12.3 Å². The van der Waals surface area contributed by atoms with Gasteiger partial charge in [0.2, 0.25) is 0 Å². The Bertz CT molecular complexity index is 419. The summed E-state index contributed by atoms with van der Waals surface area (Å²) in [6.45, 7) is 3.80. The number of hydrogen-bond acceptors (Lipinski definition) is 4. The molecule has 6 nitrogen and oxygen atoms in total. The van der Waals surface area contributed by atoms with Crippen LogP contribution in [0.3, 0.4) is 0 Å². The smallest absolute Gasteiger partial charge is 0.319 e. The van der Waals surface area contributed by atoms with Gasteiger partial charge in [-0.15, -0.1) is 0 Å². The van der Waals surface area contributed by atoms with Gasteiger partial charge in [-0.25, -0.2) is 9.78 Å². The summed E-state index contributed by atoms with van der Waals surface area (Å²) in [7, 11) is 3.81. The summed E-state index contributed by atoms with van der Waals surface area (Å²) in [4.78, 5) is 18.1. The number of aliphatic hydroxyl groups is 1. The van der Waals surface area contributed by atoms with E-state index >= 15 is 0 Å². The number of aromatic nitrogens is 1. The molecule has 0 saturated heterocycles. The predicted molar refractivity (Wildman–Crippen MR) is 81.1 cm³/mol. The van der Waals surface area contributed by atoms with Crippen molar-refractivity contribution in [1.29, 1.82) is 0 Å². The number of urea groups is 1. The number of hydrogen-bond donors (Lipinski definition) is 3. The van der Waals surface area contributed by atoms with E-state index in [-0.39, 0.29) is 12.6 Å². The van der Waals surface area contributed by atoms with Crippen LogP contribution in [0.1, 0.15) is 26.7 Å². The number of amides is 2. The molecule has 1 heterocycles. The Morgan fingerprint density at radius 2 is 2.00 bits per heavy atom. The number of carbonyl (C=O) groups excluding carboxylic acids is 1. The average molecular weight is 280 g/mol. The highest BCUT2D eigenvalue weighted by atomic mass is 16.3. The summed E-state index contributed by atoms with van der Waals surface area (Å²) in [5, 5.41) is 15.0. The summed E-state index contributed by atoms with van der Waals surface area (Å²) in [5.41, 5.74) is 0.0494. The monoisotopic (exact) mass is 280 g/mol. The number of pyridine rings is 1. The molecule has 1 aromatic rings. The molecule has 0 aliphatic rings. The van der Waals surface area contributed by atoms with Gasteiger partial charge in [0.25, 0.3) is 0 Å². The fourth-order valence-electron chi connectivity index (χ4n) is 1.82. The molecule has 0 fully saturated rings. The van der Waals surface area contributed by atoms with Crippen LogP contribution in [0.4, 0.5) is 16.3 Å². The number of nitrogens with one attached hydrogen (secondary N) is 2. The highest BCUT2D eigenvalue weighted by Crippen LogP contribution is 2.15. The molecule has 20 heavy (non-hydrogen) atoms. The first-order chi connectivity index (χ1) is 9.46. The van der Waals surface area contributed by atoms with Crippen LogP contribution < -0.4 is 15.5 Å². The second-order valence-electron chi connectivity index (χ2n) is 5.02. The Morgan fingerprint density at radius 3 is 2.40 bits per heavy atom. The van der Waals surface area contributed by atoms with Gasteiger partial charge in [-0.1, -0.05) is 13.8 Å². The summed E-state index contributed by atoms with van der Waals surface area (Å²) in [6, 6.07) is 3.29. The van der Waals surface area contributed by atoms with Gasteiger partial charge < -0.3 is 20.6 Å². The first-order valence-electron chi connectivity index (χ1n) is 6.79. The maximum Gasteiger partial charge on any atom is 0.319 e. The fourth-order valence-corrected chi connectivity index (χ4v) is 1.82. The third-order valence-corrected chi connectivity index (χ3v) is 3.50. The number of anilines is 2. The van der Waals surface area contributed by atoms with E-state index < -0.39 is 5.54 Å². The Hall–Kier alpha value is -1.82. The summed E-state index contributed by atoms with van der Waals surface area (Å²) in [5.74, 6) is 0.822. The third kappa shape index (κ3) is 4.09.